The second kappa shape index (κ2) is 6.96. The molecular weight excluding hydrogens is 212 g/mol. The molecule has 2 unspecified atom stereocenters. The van der Waals surface area contributed by atoms with E-state index >= 15 is 0 Å². The average molecular weight is 234 g/mol. The van der Waals surface area contributed by atoms with Crippen molar-refractivity contribution in [2.45, 2.75) is 51.4 Å². The Morgan fingerprint density at radius 2 is 1.88 bits per heavy atom. The summed E-state index contributed by atoms with van der Waals surface area (Å²) in [6.07, 6.45) is -2.31. The summed E-state index contributed by atoms with van der Waals surface area (Å²) in [6.45, 7) is 4.74. The summed E-state index contributed by atoms with van der Waals surface area (Å²) in [6, 6.07) is 0. The molecule has 0 saturated carbocycles. The van der Waals surface area contributed by atoms with Gasteiger partial charge in [0.05, 0.1) is 6.61 Å². The van der Waals surface area contributed by atoms with Crippen LogP contribution in [0.1, 0.15) is 33.6 Å². The highest BCUT2D eigenvalue weighted by Gasteiger charge is 2.46. The Balaban J connectivity index is 5.09. The van der Waals surface area contributed by atoms with Gasteiger partial charge >= 0.3 is 0 Å². The number of ketones is 1. The van der Waals surface area contributed by atoms with Crippen LogP contribution >= 0.6 is 0 Å². The third-order valence-electron chi connectivity index (χ3n) is 2.75. The van der Waals surface area contributed by atoms with Crippen LogP contribution in [-0.4, -0.2) is 52.1 Å². The van der Waals surface area contributed by atoms with Crippen molar-refractivity contribution < 1.29 is 24.9 Å². The smallest absolute Gasteiger partial charge is 0.167 e. The molecule has 0 spiro atoms. The summed E-state index contributed by atoms with van der Waals surface area (Å²) in [7, 11) is 0. The van der Waals surface area contributed by atoms with Crippen molar-refractivity contribution in [3.05, 3.63) is 0 Å². The largest absolute Gasteiger partial charge is 0.394 e. The van der Waals surface area contributed by atoms with Crippen LogP contribution in [0.3, 0.4) is 0 Å². The lowest BCUT2D eigenvalue weighted by molar-refractivity contribution is -0.180. The molecule has 96 valence electrons. The van der Waals surface area contributed by atoms with E-state index in [1.807, 2.05) is 0 Å². The second-order valence-corrected chi connectivity index (χ2v) is 3.65. The molecule has 0 aliphatic heterocycles. The first kappa shape index (κ1) is 15.5. The van der Waals surface area contributed by atoms with Gasteiger partial charge in [-0.2, -0.15) is 0 Å². The van der Waals surface area contributed by atoms with Gasteiger partial charge in [0.1, 0.15) is 12.2 Å². The number of rotatable bonds is 8. The number of aliphatic hydroxyl groups is 3. The maximum absolute atomic E-state index is 11.8. The molecule has 0 rings (SSSR count). The molecule has 0 radical (unpaired) electrons. The molecule has 0 aliphatic carbocycles. The van der Waals surface area contributed by atoms with E-state index in [-0.39, 0.29) is 25.2 Å². The molecule has 0 aliphatic rings. The lowest BCUT2D eigenvalue weighted by Crippen LogP contribution is -2.56. The first-order chi connectivity index (χ1) is 7.49. The summed E-state index contributed by atoms with van der Waals surface area (Å²) in [5.74, 6) is -0.267. The van der Waals surface area contributed by atoms with E-state index in [4.69, 9.17) is 9.84 Å². The molecule has 0 bridgehead atoms. The standard InChI is InChI=1S/C11H22O5/c1-4-9(14)11(5-2,16-6-3)10(15)8(13)7-12/h8,10,12-13,15H,4-7H2,1-3H3/t8?,10?,11-/m0/s1. The maximum Gasteiger partial charge on any atom is 0.167 e. The Kier molecular flexibility index (Phi) is 6.74. The summed E-state index contributed by atoms with van der Waals surface area (Å²) in [5, 5.41) is 28.1. The third kappa shape index (κ3) is 3.01. The van der Waals surface area contributed by atoms with Crippen LogP contribution in [0, 0.1) is 0 Å². The van der Waals surface area contributed by atoms with Crippen LogP contribution in [0.5, 0.6) is 0 Å². The lowest BCUT2D eigenvalue weighted by atomic mass is 9.84. The van der Waals surface area contributed by atoms with E-state index in [9.17, 15) is 15.0 Å². The van der Waals surface area contributed by atoms with E-state index in [1.165, 1.54) is 0 Å². The fourth-order valence-electron chi connectivity index (χ4n) is 1.81. The van der Waals surface area contributed by atoms with Crippen molar-refractivity contribution in [2.75, 3.05) is 13.2 Å². The predicted molar refractivity (Wildman–Crippen MR) is 59.0 cm³/mol. The predicted octanol–water partition coefficient (Wildman–Crippen LogP) is -0.135. The normalized spacial score (nSPS) is 18.9. The molecule has 0 aromatic heterocycles. The SMILES string of the molecule is CCO[C@@](CC)(C(=O)CC)C(O)C(O)CO. The highest BCUT2D eigenvalue weighted by atomic mass is 16.5. The minimum Gasteiger partial charge on any atom is -0.394 e. The summed E-state index contributed by atoms with van der Waals surface area (Å²) < 4.78 is 5.35. The minimum atomic E-state index is -1.41. The maximum atomic E-state index is 11.8. The molecule has 3 N–H and O–H groups in total. The number of ether oxygens (including phenoxy) is 1. The van der Waals surface area contributed by atoms with E-state index in [2.05, 4.69) is 0 Å². The van der Waals surface area contributed by atoms with Gasteiger partial charge in [0.2, 0.25) is 0 Å². The number of hydrogen-bond acceptors (Lipinski definition) is 5. The Morgan fingerprint density at radius 1 is 1.31 bits per heavy atom. The van der Waals surface area contributed by atoms with Crippen molar-refractivity contribution in [1.82, 2.24) is 0 Å². The van der Waals surface area contributed by atoms with Crippen LogP contribution in [0.2, 0.25) is 0 Å². The number of carbonyl (C=O) groups excluding carboxylic acids is 1. The molecule has 3 atom stereocenters. The van der Waals surface area contributed by atoms with Gasteiger partial charge in [0.15, 0.2) is 11.4 Å². The summed E-state index contributed by atoms with van der Waals surface area (Å²) in [5.41, 5.74) is -1.41. The third-order valence-corrected chi connectivity index (χ3v) is 2.75. The molecule has 0 aromatic carbocycles. The van der Waals surface area contributed by atoms with E-state index in [1.54, 1.807) is 20.8 Å². The van der Waals surface area contributed by atoms with Gasteiger partial charge in [-0.25, -0.2) is 0 Å². The van der Waals surface area contributed by atoms with Crippen LogP contribution in [0.25, 0.3) is 0 Å². The molecule has 0 fully saturated rings. The summed E-state index contributed by atoms with van der Waals surface area (Å²) in [4.78, 5) is 11.8. The molecule has 0 amide bonds. The number of Topliss-reactive ketones (excluding diaryl/α,β-unsaturated/α-hetero) is 1. The molecule has 16 heavy (non-hydrogen) atoms. The van der Waals surface area contributed by atoms with Gasteiger partial charge in [0.25, 0.3) is 0 Å². The van der Waals surface area contributed by atoms with Crippen molar-refractivity contribution in [3.63, 3.8) is 0 Å². The van der Waals surface area contributed by atoms with Gasteiger partial charge in [-0.15, -0.1) is 0 Å². The van der Waals surface area contributed by atoms with E-state index in [0.717, 1.165) is 0 Å². The lowest BCUT2D eigenvalue weighted by Gasteiger charge is -2.37. The molecule has 0 aromatic rings. The Hall–Kier alpha value is -0.490. The fraction of sp³-hybridized carbons (Fsp3) is 0.909. The van der Waals surface area contributed by atoms with E-state index < -0.39 is 24.4 Å². The van der Waals surface area contributed by atoms with Gasteiger partial charge in [-0.1, -0.05) is 13.8 Å². The molecule has 5 heteroatoms. The van der Waals surface area contributed by atoms with Crippen LogP contribution in [0.15, 0.2) is 0 Å². The van der Waals surface area contributed by atoms with Gasteiger partial charge in [-0.05, 0) is 13.3 Å². The first-order valence-corrected chi connectivity index (χ1v) is 5.64. The fourth-order valence-corrected chi connectivity index (χ4v) is 1.81. The number of aliphatic hydroxyl groups excluding tert-OH is 3. The van der Waals surface area contributed by atoms with Crippen LogP contribution < -0.4 is 0 Å². The second-order valence-electron chi connectivity index (χ2n) is 3.65. The summed E-state index contributed by atoms with van der Waals surface area (Å²) >= 11 is 0. The van der Waals surface area contributed by atoms with Crippen molar-refractivity contribution in [1.29, 1.82) is 0 Å². The van der Waals surface area contributed by atoms with Crippen molar-refractivity contribution >= 4 is 5.78 Å². The Bertz CT molecular complexity index is 218. The molecule has 0 heterocycles. The topological polar surface area (TPSA) is 87.0 Å². The van der Waals surface area contributed by atoms with Crippen LogP contribution in [-0.2, 0) is 9.53 Å². The zero-order chi connectivity index (χ0) is 12.8. The Labute approximate surface area is 96.0 Å². The number of hydrogen-bond donors (Lipinski definition) is 3. The minimum absolute atomic E-state index is 0.211. The first-order valence-electron chi connectivity index (χ1n) is 5.64. The highest BCUT2D eigenvalue weighted by molar-refractivity contribution is 5.87. The molecular formula is C11H22O5. The Morgan fingerprint density at radius 3 is 2.19 bits per heavy atom. The zero-order valence-corrected chi connectivity index (χ0v) is 10.1. The van der Waals surface area contributed by atoms with Crippen molar-refractivity contribution in [3.8, 4) is 0 Å². The van der Waals surface area contributed by atoms with Crippen molar-refractivity contribution in [2.24, 2.45) is 0 Å². The quantitative estimate of drug-likeness (QED) is 0.544. The van der Waals surface area contributed by atoms with E-state index in [0.29, 0.717) is 0 Å². The van der Waals surface area contributed by atoms with Gasteiger partial charge < -0.3 is 20.1 Å². The van der Waals surface area contributed by atoms with Gasteiger partial charge in [0, 0.05) is 13.0 Å². The number of carbonyl (C=O) groups is 1. The monoisotopic (exact) mass is 234 g/mol. The molecule has 5 nitrogen and oxygen atoms in total. The average Bonchev–Trinajstić information content (AvgIpc) is 2.33. The van der Waals surface area contributed by atoms with Gasteiger partial charge in [-0.3, -0.25) is 4.79 Å². The van der Waals surface area contributed by atoms with Crippen LogP contribution in [0.4, 0.5) is 0 Å². The molecule has 0 saturated heterocycles. The zero-order valence-electron chi connectivity index (χ0n) is 10.1. The highest BCUT2D eigenvalue weighted by Crippen LogP contribution is 2.26.